The van der Waals surface area contributed by atoms with Crippen molar-refractivity contribution in [3.8, 4) is 11.9 Å². The molecule has 0 saturated carbocycles. The van der Waals surface area contributed by atoms with Crippen LogP contribution in [0.1, 0.15) is 22.3 Å². The van der Waals surface area contributed by atoms with Crippen LogP contribution < -0.4 is 5.56 Å². The predicted molar refractivity (Wildman–Crippen MR) is 97.1 cm³/mol. The van der Waals surface area contributed by atoms with Gasteiger partial charge in [0.15, 0.2) is 0 Å². The number of nitrogens with zero attached hydrogens (tertiary/aromatic N) is 3. The molecule has 0 fully saturated rings. The van der Waals surface area contributed by atoms with Gasteiger partial charge in [-0.25, -0.2) is 0 Å². The Morgan fingerprint density at radius 3 is 2.76 bits per heavy atom. The van der Waals surface area contributed by atoms with E-state index in [2.05, 4.69) is 4.99 Å². The van der Waals surface area contributed by atoms with Gasteiger partial charge in [0, 0.05) is 18.3 Å². The largest absolute Gasteiger partial charge is 0.494 e. The molecule has 0 aliphatic carbocycles. The third kappa shape index (κ3) is 3.90. The molecule has 2 rings (SSSR count). The van der Waals surface area contributed by atoms with Gasteiger partial charge in [-0.05, 0) is 37.1 Å². The number of halogens is 1. The highest BCUT2D eigenvalue weighted by atomic mass is 35.5. The van der Waals surface area contributed by atoms with E-state index in [1.54, 1.807) is 19.1 Å². The van der Waals surface area contributed by atoms with Crippen LogP contribution in [0, 0.1) is 25.2 Å². The van der Waals surface area contributed by atoms with Crippen molar-refractivity contribution < 1.29 is 9.84 Å². The average molecular weight is 360 g/mol. The number of aryl methyl sites for hydroxylation is 1. The Kier molecular flexibility index (Phi) is 5.97. The van der Waals surface area contributed by atoms with Gasteiger partial charge in [-0.3, -0.25) is 14.4 Å². The molecule has 0 aliphatic rings. The third-order valence-electron chi connectivity index (χ3n) is 3.86. The number of aliphatic imine (C=N–C) groups is 1. The van der Waals surface area contributed by atoms with E-state index in [0.29, 0.717) is 21.8 Å². The topological polar surface area (TPSA) is 87.6 Å². The minimum Gasteiger partial charge on any atom is -0.494 e. The SMILES string of the molecule is COCCn1c(O)c(C=Nc2ccc(C)c(Cl)c2)c(C)c(C#N)c1=O. The number of methoxy groups -OCH3 is 1. The molecule has 1 heterocycles. The molecule has 1 aromatic heterocycles. The zero-order chi connectivity index (χ0) is 18.6. The molecule has 0 aliphatic heterocycles. The molecule has 130 valence electrons. The monoisotopic (exact) mass is 359 g/mol. The summed E-state index contributed by atoms with van der Waals surface area (Å²) in [6, 6.07) is 7.22. The lowest BCUT2D eigenvalue weighted by molar-refractivity contribution is 0.182. The van der Waals surface area contributed by atoms with Crippen LogP contribution in [0.15, 0.2) is 28.0 Å². The summed E-state index contributed by atoms with van der Waals surface area (Å²) < 4.78 is 6.06. The fourth-order valence-corrected chi connectivity index (χ4v) is 2.49. The molecule has 0 bridgehead atoms. The first-order valence-corrected chi connectivity index (χ1v) is 7.94. The number of hydrogen-bond donors (Lipinski definition) is 1. The molecule has 7 heteroatoms. The van der Waals surface area contributed by atoms with Crippen molar-refractivity contribution in [2.75, 3.05) is 13.7 Å². The van der Waals surface area contributed by atoms with Gasteiger partial charge in [-0.15, -0.1) is 0 Å². The molecule has 0 saturated heterocycles. The number of rotatable bonds is 5. The second-order valence-electron chi connectivity index (χ2n) is 5.49. The van der Waals surface area contributed by atoms with Crippen LogP contribution >= 0.6 is 11.6 Å². The van der Waals surface area contributed by atoms with Crippen molar-refractivity contribution in [3.05, 3.63) is 55.8 Å². The van der Waals surface area contributed by atoms with Crippen LogP contribution in [0.25, 0.3) is 0 Å². The first kappa shape index (κ1) is 18.7. The van der Waals surface area contributed by atoms with Crippen molar-refractivity contribution in [2.45, 2.75) is 20.4 Å². The molecule has 0 unspecified atom stereocenters. The second kappa shape index (κ2) is 7.97. The lowest BCUT2D eigenvalue weighted by atomic mass is 10.1. The summed E-state index contributed by atoms with van der Waals surface area (Å²) in [5.41, 5.74) is 1.63. The first-order valence-electron chi connectivity index (χ1n) is 7.56. The van der Waals surface area contributed by atoms with Crippen LogP contribution in [-0.4, -0.2) is 29.6 Å². The average Bonchev–Trinajstić information content (AvgIpc) is 2.58. The Hall–Kier alpha value is -2.62. The van der Waals surface area contributed by atoms with Gasteiger partial charge in [-0.1, -0.05) is 17.7 Å². The quantitative estimate of drug-likeness (QED) is 0.831. The van der Waals surface area contributed by atoms with Gasteiger partial charge in [0.25, 0.3) is 5.56 Å². The van der Waals surface area contributed by atoms with Crippen molar-refractivity contribution >= 4 is 23.5 Å². The van der Waals surface area contributed by atoms with Gasteiger partial charge in [0.2, 0.25) is 5.88 Å². The Labute approximate surface area is 150 Å². The first-order chi connectivity index (χ1) is 11.9. The molecular formula is C18H18ClN3O3. The summed E-state index contributed by atoms with van der Waals surface area (Å²) in [4.78, 5) is 16.6. The van der Waals surface area contributed by atoms with Gasteiger partial charge in [0.1, 0.15) is 11.6 Å². The van der Waals surface area contributed by atoms with Crippen LogP contribution in [0.5, 0.6) is 5.88 Å². The van der Waals surface area contributed by atoms with Gasteiger partial charge in [0.05, 0.1) is 24.4 Å². The number of benzene rings is 1. The number of hydrogen-bond acceptors (Lipinski definition) is 5. The number of ether oxygens (including phenoxy) is 1. The molecule has 1 aromatic carbocycles. The molecule has 6 nitrogen and oxygen atoms in total. The maximum absolute atomic E-state index is 12.3. The van der Waals surface area contributed by atoms with Crippen molar-refractivity contribution in [1.29, 1.82) is 5.26 Å². The smallest absolute Gasteiger partial charge is 0.271 e. The normalized spacial score (nSPS) is 11.0. The third-order valence-corrected chi connectivity index (χ3v) is 4.27. The standard InChI is InChI=1S/C18H18ClN3O3/c1-11-4-5-13(8-16(11)19)21-10-15-12(2)14(9-20)17(23)22(18(15)24)6-7-25-3/h4-5,8,10,24H,6-7H2,1-3H3. The summed E-state index contributed by atoms with van der Waals surface area (Å²) >= 11 is 6.08. The van der Waals surface area contributed by atoms with Crippen LogP contribution in [0.3, 0.4) is 0 Å². The molecule has 25 heavy (non-hydrogen) atoms. The highest BCUT2D eigenvalue weighted by Gasteiger charge is 2.17. The minimum absolute atomic E-state index is 0.0303. The highest BCUT2D eigenvalue weighted by Crippen LogP contribution is 2.24. The summed E-state index contributed by atoms with van der Waals surface area (Å²) in [6.45, 7) is 3.85. The summed E-state index contributed by atoms with van der Waals surface area (Å²) in [5, 5.41) is 20.3. The van der Waals surface area contributed by atoms with Gasteiger partial charge >= 0.3 is 0 Å². The maximum atomic E-state index is 12.3. The van der Waals surface area contributed by atoms with Gasteiger partial charge < -0.3 is 9.84 Å². The van der Waals surface area contributed by atoms with E-state index in [1.807, 2.05) is 19.1 Å². The molecule has 0 spiro atoms. The van der Waals surface area contributed by atoms with Crippen molar-refractivity contribution in [1.82, 2.24) is 4.57 Å². The molecule has 0 amide bonds. The second-order valence-corrected chi connectivity index (χ2v) is 5.90. The predicted octanol–water partition coefficient (Wildman–Crippen LogP) is 3.09. The zero-order valence-corrected chi connectivity index (χ0v) is 15.0. The van der Waals surface area contributed by atoms with Crippen molar-refractivity contribution in [3.63, 3.8) is 0 Å². The molecular weight excluding hydrogens is 342 g/mol. The lowest BCUT2D eigenvalue weighted by Crippen LogP contribution is -2.26. The van der Waals surface area contributed by atoms with E-state index in [1.165, 1.54) is 13.3 Å². The van der Waals surface area contributed by atoms with E-state index < -0.39 is 5.56 Å². The number of pyridine rings is 1. The van der Waals surface area contributed by atoms with E-state index in [0.717, 1.165) is 10.1 Å². The molecule has 2 aromatic rings. The van der Waals surface area contributed by atoms with Crippen LogP contribution in [0.4, 0.5) is 5.69 Å². The van der Waals surface area contributed by atoms with Gasteiger partial charge in [-0.2, -0.15) is 5.26 Å². The number of aromatic hydroxyl groups is 1. The number of aromatic nitrogens is 1. The Morgan fingerprint density at radius 1 is 1.44 bits per heavy atom. The molecule has 0 radical (unpaired) electrons. The zero-order valence-electron chi connectivity index (χ0n) is 14.2. The lowest BCUT2D eigenvalue weighted by Gasteiger charge is -2.13. The van der Waals surface area contributed by atoms with Crippen LogP contribution in [0.2, 0.25) is 5.02 Å². The Morgan fingerprint density at radius 2 is 2.16 bits per heavy atom. The fraction of sp³-hybridized carbons (Fsp3) is 0.278. The minimum atomic E-state index is -0.551. The number of nitriles is 1. The Balaban J connectivity index is 2.56. The van der Waals surface area contributed by atoms with Crippen molar-refractivity contribution in [2.24, 2.45) is 4.99 Å². The Bertz CT molecular complexity index is 927. The summed E-state index contributed by atoms with van der Waals surface area (Å²) in [7, 11) is 1.49. The van der Waals surface area contributed by atoms with E-state index in [-0.39, 0.29) is 24.6 Å². The maximum Gasteiger partial charge on any atom is 0.271 e. The van der Waals surface area contributed by atoms with E-state index in [4.69, 9.17) is 16.3 Å². The molecule has 1 N–H and O–H groups in total. The highest BCUT2D eigenvalue weighted by molar-refractivity contribution is 6.31. The van der Waals surface area contributed by atoms with E-state index >= 15 is 0 Å². The molecule has 0 atom stereocenters. The van der Waals surface area contributed by atoms with Crippen LogP contribution in [-0.2, 0) is 11.3 Å². The summed E-state index contributed by atoms with van der Waals surface area (Å²) in [5.74, 6) is -0.250. The fourth-order valence-electron chi connectivity index (χ4n) is 2.32. The van der Waals surface area contributed by atoms with E-state index in [9.17, 15) is 15.2 Å². The summed E-state index contributed by atoms with van der Waals surface area (Å²) in [6.07, 6.45) is 1.43.